The van der Waals surface area contributed by atoms with E-state index < -0.39 is 0 Å². The SMILES string of the molecule is C/C=N\C=C(/C)C1=C(C(C)CC(C)c2cccc(C)c2)C=CCC1C. The summed E-state index contributed by atoms with van der Waals surface area (Å²) in [7, 11) is 0. The molecule has 0 heterocycles. The predicted octanol–water partition coefficient (Wildman–Crippen LogP) is 7.01. The molecule has 0 spiro atoms. The van der Waals surface area contributed by atoms with Gasteiger partial charge in [0.1, 0.15) is 0 Å². The Morgan fingerprint density at radius 2 is 2.04 bits per heavy atom. The van der Waals surface area contributed by atoms with E-state index in [9.17, 15) is 0 Å². The average molecular weight is 336 g/mol. The van der Waals surface area contributed by atoms with Gasteiger partial charge in [-0.1, -0.05) is 62.8 Å². The summed E-state index contributed by atoms with van der Waals surface area (Å²) in [4.78, 5) is 4.35. The summed E-state index contributed by atoms with van der Waals surface area (Å²) < 4.78 is 0. The van der Waals surface area contributed by atoms with E-state index >= 15 is 0 Å². The van der Waals surface area contributed by atoms with Gasteiger partial charge in [-0.3, -0.25) is 4.99 Å². The molecular formula is C24H33N. The van der Waals surface area contributed by atoms with Gasteiger partial charge < -0.3 is 0 Å². The van der Waals surface area contributed by atoms with Gasteiger partial charge in [-0.15, -0.1) is 0 Å². The Hall–Kier alpha value is -1.89. The highest BCUT2D eigenvalue weighted by molar-refractivity contribution is 5.55. The maximum absolute atomic E-state index is 4.35. The second-order valence-corrected chi connectivity index (χ2v) is 7.58. The number of nitrogens with zero attached hydrogens (tertiary/aromatic N) is 1. The number of hydrogen-bond acceptors (Lipinski definition) is 1. The van der Waals surface area contributed by atoms with Gasteiger partial charge >= 0.3 is 0 Å². The topological polar surface area (TPSA) is 12.4 Å². The fourth-order valence-corrected chi connectivity index (χ4v) is 3.96. The van der Waals surface area contributed by atoms with Crippen molar-refractivity contribution >= 4 is 6.21 Å². The molecule has 1 aromatic carbocycles. The van der Waals surface area contributed by atoms with Crippen LogP contribution >= 0.6 is 0 Å². The number of aliphatic imine (C=N–C) groups is 1. The van der Waals surface area contributed by atoms with Crippen LogP contribution < -0.4 is 0 Å². The highest BCUT2D eigenvalue weighted by Crippen LogP contribution is 2.37. The van der Waals surface area contributed by atoms with Gasteiger partial charge in [0.2, 0.25) is 0 Å². The Morgan fingerprint density at radius 3 is 2.72 bits per heavy atom. The van der Waals surface area contributed by atoms with E-state index in [1.54, 1.807) is 0 Å². The second-order valence-electron chi connectivity index (χ2n) is 7.58. The van der Waals surface area contributed by atoms with Gasteiger partial charge in [-0.2, -0.15) is 0 Å². The minimum Gasteiger partial charge on any atom is -0.269 e. The minimum absolute atomic E-state index is 0.540. The first kappa shape index (κ1) is 19.4. The van der Waals surface area contributed by atoms with E-state index in [0.29, 0.717) is 17.8 Å². The first-order valence-electron chi connectivity index (χ1n) is 9.56. The van der Waals surface area contributed by atoms with E-state index in [0.717, 1.165) is 6.42 Å². The van der Waals surface area contributed by atoms with Crippen LogP contribution in [0.25, 0.3) is 0 Å². The molecule has 0 saturated heterocycles. The molecule has 0 saturated carbocycles. The Labute approximate surface area is 154 Å². The predicted molar refractivity (Wildman–Crippen MR) is 111 cm³/mol. The fourth-order valence-electron chi connectivity index (χ4n) is 3.96. The van der Waals surface area contributed by atoms with Crippen molar-refractivity contribution < 1.29 is 0 Å². The van der Waals surface area contributed by atoms with Crippen LogP contribution in [0, 0.1) is 18.8 Å². The average Bonchev–Trinajstić information content (AvgIpc) is 2.59. The van der Waals surface area contributed by atoms with Crippen LogP contribution in [-0.4, -0.2) is 6.21 Å². The Morgan fingerprint density at radius 1 is 1.28 bits per heavy atom. The lowest BCUT2D eigenvalue weighted by atomic mass is 9.77. The van der Waals surface area contributed by atoms with Gasteiger partial charge in [0.15, 0.2) is 0 Å². The number of allylic oxidation sites excluding steroid dienone is 5. The van der Waals surface area contributed by atoms with Crippen molar-refractivity contribution in [1.29, 1.82) is 0 Å². The van der Waals surface area contributed by atoms with Crippen LogP contribution in [0.4, 0.5) is 0 Å². The fraction of sp³-hybridized carbons (Fsp3) is 0.458. The standard InChI is InChI=1S/C24H33N/c1-7-25-16-21(6)24-18(3)11-9-13-23(24)20(5)15-19(4)22-12-8-10-17(2)14-22/h7-10,12-14,16,18-20H,11,15H2,1-6H3/b21-16+,25-7-. The first-order chi connectivity index (χ1) is 11.9. The molecule has 1 aliphatic carbocycles. The molecule has 0 amide bonds. The molecule has 3 atom stereocenters. The number of aryl methyl sites for hydroxylation is 1. The van der Waals surface area contributed by atoms with Crippen LogP contribution in [0.5, 0.6) is 0 Å². The Balaban J connectivity index is 2.27. The molecule has 1 heteroatoms. The Bertz CT molecular complexity index is 703. The highest BCUT2D eigenvalue weighted by atomic mass is 14.7. The van der Waals surface area contributed by atoms with Crippen molar-refractivity contribution in [3.63, 3.8) is 0 Å². The normalized spacial score (nSPS) is 21.0. The van der Waals surface area contributed by atoms with Crippen molar-refractivity contribution in [2.24, 2.45) is 16.8 Å². The zero-order valence-electron chi connectivity index (χ0n) is 16.7. The van der Waals surface area contributed by atoms with Crippen molar-refractivity contribution in [3.8, 4) is 0 Å². The second kappa shape index (κ2) is 8.99. The number of benzene rings is 1. The van der Waals surface area contributed by atoms with Gasteiger partial charge in [-0.25, -0.2) is 0 Å². The van der Waals surface area contributed by atoms with Crippen molar-refractivity contribution in [3.05, 3.63) is 70.5 Å². The molecule has 25 heavy (non-hydrogen) atoms. The van der Waals surface area contributed by atoms with Crippen LogP contribution in [0.3, 0.4) is 0 Å². The molecule has 3 unspecified atom stereocenters. The molecule has 0 fully saturated rings. The van der Waals surface area contributed by atoms with E-state index in [-0.39, 0.29) is 0 Å². The summed E-state index contributed by atoms with van der Waals surface area (Å²) in [5.41, 5.74) is 7.10. The lowest BCUT2D eigenvalue weighted by Crippen LogP contribution is -2.13. The first-order valence-corrected chi connectivity index (χ1v) is 9.56. The summed E-state index contributed by atoms with van der Waals surface area (Å²) in [6.45, 7) is 13.4. The maximum atomic E-state index is 4.35. The smallest absolute Gasteiger partial charge is 0.0295 e. The van der Waals surface area contributed by atoms with Crippen molar-refractivity contribution in [1.82, 2.24) is 0 Å². The van der Waals surface area contributed by atoms with Crippen molar-refractivity contribution in [2.75, 3.05) is 0 Å². The highest BCUT2D eigenvalue weighted by Gasteiger charge is 2.22. The molecule has 1 nitrogen and oxygen atoms in total. The molecule has 0 N–H and O–H groups in total. The summed E-state index contributed by atoms with van der Waals surface area (Å²) in [6.07, 6.45) is 10.9. The van der Waals surface area contributed by atoms with Crippen LogP contribution in [0.1, 0.15) is 64.5 Å². The molecule has 1 aliphatic rings. The molecule has 2 rings (SSSR count). The van der Waals surface area contributed by atoms with Crippen LogP contribution in [-0.2, 0) is 0 Å². The van der Waals surface area contributed by atoms with E-state index in [1.807, 2.05) is 19.3 Å². The van der Waals surface area contributed by atoms with Gasteiger partial charge in [0, 0.05) is 12.4 Å². The molecular weight excluding hydrogens is 302 g/mol. The zero-order chi connectivity index (χ0) is 18.4. The molecule has 0 bridgehead atoms. The summed E-state index contributed by atoms with van der Waals surface area (Å²) in [5, 5.41) is 0. The van der Waals surface area contributed by atoms with E-state index in [4.69, 9.17) is 0 Å². The molecule has 0 radical (unpaired) electrons. The Kier molecular flexibility index (Phi) is 6.99. The largest absolute Gasteiger partial charge is 0.269 e. The van der Waals surface area contributed by atoms with Gasteiger partial charge in [0.25, 0.3) is 0 Å². The third-order valence-electron chi connectivity index (χ3n) is 5.28. The summed E-state index contributed by atoms with van der Waals surface area (Å²) >= 11 is 0. The van der Waals surface area contributed by atoms with Crippen molar-refractivity contribution in [2.45, 2.75) is 60.3 Å². The number of hydrogen-bond donors (Lipinski definition) is 0. The minimum atomic E-state index is 0.540. The van der Waals surface area contributed by atoms with Gasteiger partial charge in [-0.05, 0) is 73.6 Å². The maximum Gasteiger partial charge on any atom is 0.0295 e. The molecule has 134 valence electrons. The van der Waals surface area contributed by atoms with E-state index in [2.05, 4.69) is 76.0 Å². The van der Waals surface area contributed by atoms with E-state index in [1.165, 1.54) is 34.3 Å². The number of rotatable bonds is 6. The lowest BCUT2D eigenvalue weighted by Gasteiger charge is -2.28. The van der Waals surface area contributed by atoms with Gasteiger partial charge in [0.05, 0.1) is 0 Å². The lowest BCUT2D eigenvalue weighted by molar-refractivity contribution is 0.535. The van der Waals surface area contributed by atoms with Crippen LogP contribution in [0.15, 0.2) is 64.3 Å². The zero-order valence-corrected chi connectivity index (χ0v) is 16.7. The van der Waals surface area contributed by atoms with Crippen LogP contribution in [0.2, 0.25) is 0 Å². The molecule has 0 aromatic heterocycles. The monoisotopic (exact) mass is 335 g/mol. The third-order valence-corrected chi connectivity index (χ3v) is 5.28. The quantitative estimate of drug-likeness (QED) is 0.496. The summed E-state index contributed by atoms with van der Waals surface area (Å²) in [6, 6.07) is 8.94. The summed E-state index contributed by atoms with van der Waals surface area (Å²) in [5.74, 6) is 1.67. The third kappa shape index (κ3) is 5.04. The molecule has 1 aromatic rings. The molecule has 0 aliphatic heterocycles.